The van der Waals surface area contributed by atoms with Crippen LogP contribution in [0.15, 0.2) is 0 Å². The Labute approximate surface area is 77.1 Å². The summed E-state index contributed by atoms with van der Waals surface area (Å²) in [5.41, 5.74) is 0.620. The summed E-state index contributed by atoms with van der Waals surface area (Å²) in [5.74, 6) is 0.823. The largest absolute Gasteiger partial charge is 0.303 e. The summed E-state index contributed by atoms with van der Waals surface area (Å²) in [6, 6.07) is 0. The summed E-state index contributed by atoms with van der Waals surface area (Å²) in [6.07, 6.45) is 2.73. The molecule has 1 heteroatoms. The van der Waals surface area contributed by atoms with Crippen molar-refractivity contribution in [2.24, 2.45) is 11.3 Å². The first kappa shape index (κ1) is 10.0. The van der Waals surface area contributed by atoms with Gasteiger partial charge in [-0.2, -0.15) is 0 Å². The quantitative estimate of drug-likeness (QED) is 0.628. The molecule has 1 saturated heterocycles. The van der Waals surface area contributed by atoms with Gasteiger partial charge in [-0.15, -0.1) is 0 Å². The number of rotatable bonds is 3. The van der Waals surface area contributed by atoms with Crippen LogP contribution in [0.1, 0.15) is 40.5 Å². The highest BCUT2D eigenvalue weighted by Crippen LogP contribution is 2.33. The van der Waals surface area contributed by atoms with Crippen LogP contribution in [-0.4, -0.2) is 24.5 Å². The van der Waals surface area contributed by atoms with E-state index in [2.05, 4.69) is 32.6 Å². The van der Waals surface area contributed by atoms with Gasteiger partial charge in [0.05, 0.1) is 0 Å². The minimum Gasteiger partial charge on any atom is -0.303 e. The van der Waals surface area contributed by atoms with Crippen LogP contribution in [-0.2, 0) is 0 Å². The highest BCUT2D eigenvalue weighted by Gasteiger charge is 2.31. The molecule has 0 aliphatic carbocycles. The SMILES string of the molecule is CCC1(C)CCN(CC(C)C)C1. The lowest BCUT2D eigenvalue weighted by Crippen LogP contribution is -2.27. The van der Waals surface area contributed by atoms with Crippen LogP contribution < -0.4 is 0 Å². The maximum atomic E-state index is 2.62. The lowest BCUT2D eigenvalue weighted by Gasteiger charge is -2.23. The molecule has 0 N–H and O–H groups in total. The second-order valence-corrected chi connectivity index (χ2v) is 5.04. The van der Waals surface area contributed by atoms with Crippen molar-refractivity contribution in [3.05, 3.63) is 0 Å². The normalized spacial score (nSPS) is 31.8. The maximum Gasteiger partial charge on any atom is 0.00358 e. The van der Waals surface area contributed by atoms with Crippen molar-refractivity contribution in [1.29, 1.82) is 0 Å². The van der Waals surface area contributed by atoms with Gasteiger partial charge in [0.15, 0.2) is 0 Å². The second kappa shape index (κ2) is 3.78. The molecule has 1 rings (SSSR count). The molecule has 0 amide bonds. The van der Waals surface area contributed by atoms with Gasteiger partial charge in [-0.05, 0) is 30.7 Å². The molecule has 0 aromatic carbocycles. The third-order valence-corrected chi connectivity index (χ3v) is 3.11. The van der Waals surface area contributed by atoms with E-state index in [1.54, 1.807) is 0 Å². The van der Waals surface area contributed by atoms with Gasteiger partial charge in [0.25, 0.3) is 0 Å². The molecule has 1 heterocycles. The van der Waals surface area contributed by atoms with E-state index < -0.39 is 0 Å². The van der Waals surface area contributed by atoms with Crippen LogP contribution in [0.3, 0.4) is 0 Å². The Hall–Kier alpha value is -0.0400. The van der Waals surface area contributed by atoms with E-state index in [1.165, 1.54) is 32.5 Å². The van der Waals surface area contributed by atoms with E-state index in [-0.39, 0.29) is 0 Å². The van der Waals surface area contributed by atoms with E-state index in [1.807, 2.05) is 0 Å². The minimum absolute atomic E-state index is 0.620. The molecule has 0 saturated carbocycles. The standard InChI is InChI=1S/C11H23N/c1-5-11(4)6-7-12(9-11)8-10(2)3/h10H,5-9H2,1-4H3. The van der Waals surface area contributed by atoms with E-state index in [0.717, 1.165) is 5.92 Å². The van der Waals surface area contributed by atoms with Gasteiger partial charge >= 0.3 is 0 Å². The third-order valence-electron chi connectivity index (χ3n) is 3.11. The Bertz CT molecular complexity index is 142. The average Bonchev–Trinajstić information content (AvgIpc) is 2.32. The zero-order valence-corrected chi connectivity index (χ0v) is 9.06. The molecule has 0 bridgehead atoms. The molecule has 1 nitrogen and oxygen atoms in total. The van der Waals surface area contributed by atoms with Crippen LogP contribution in [0.2, 0.25) is 0 Å². The van der Waals surface area contributed by atoms with Gasteiger partial charge in [-0.25, -0.2) is 0 Å². The summed E-state index contributed by atoms with van der Waals surface area (Å²) in [7, 11) is 0. The first-order chi connectivity index (χ1) is 5.56. The number of hydrogen-bond acceptors (Lipinski definition) is 1. The third kappa shape index (κ3) is 2.48. The summed E-state index contributed by atoms with van der Waals surface area (Å²) >= 11 is 0. The van der Waals surface area contributed by atoms with Gasteiger partial charge < -0.3 is 4.90 Å². The fraction of sp³-hybridized carbons (Fsp3) is 1.00. The van der Waals surface area contributed by atoms with Crippen molar-refractivity contribution in [3.63, 3.8) is 0 Å². The number of hydrogen-bond donors (Lipinski definition) is 0. The van der Waals surface area contributed by atoms with Crippen molar-refractivity contribution in [2.45, 2.75) is 40.5 Å². The molecule has 0 aromatic heterocycles. The van der Waals surface area contributed by atoms with E-state index >= 15 is 0 Å². The Kier molecular flexibility index (Phi) is 3.16. The zero-order valence-electron chi connectivity index (χ0n) is 9.06. The monoisotopic (exact) mass is 169 g/mol. The van der Waals surface area contributed by atoms with Gasteiger partial charge in [-0.3, -0.25) is 0 Å². The van der Waals surface area contributed by atoms with Gasteiger partial charge in [0, 0.05) is 13.1 Å². The molecule has 0 spiro atoms. The van der Waals surface area contributed by atoms with Gasteiger partial charge in [0.2, 0.25) is 0 Å². The molecule has 0 aromatic rings. The molecule has 0 radical (unpaired) electrons. The molecule has 1 aliphatic rings. The molecule has 1 atom stereocenters. The minimum atomic E-state index is 0.620. The van der Waals surface area contributed by atoms with Crippen LogP contribution in [0.5, 0.6) is 0 Å². The van der Waals surface area contributed by atoms with Crippen LogP contribution >= 0.6 is 0 Å². The molecule has 72 valence electrons. The van der Waals surface area contributed by atoms with Gasteiger partial charge in [0.1, 0.15) is 0 Å². The lowest BCUT2D eigenvalue weighted by molar-refractivity contribution is 0.248. The number of nitrogens with zero attached hydrogens (tertiary/aromatic N) is 1. The molecular weight excluding hydrogens is 146 g/mol. The van der Waals surface area contributed by atoms with Crippen LogP contribution in [0, 0.1) is 11.3 Å². The summed E-state index contributed by atoms with van der Waals surface area (Å²) in [6.45, 7) is 13.3. The zero-order chi connectivity index (χ0) is 9.19. The Morgan fingerprint density at radius 3 is 2.50 bits per heavy atom. The smallest absolute Gasteiger partial charge is 0.00358 e. The molecule has 1 fully saturated rings. The van der Waals surface area contributed by atoms with Crippen molar-refractivity contribution in [2.75, 3.05) is 19.6 Å². The fourth-order valence-corrected chi connectivity index (χ4v) is 2.09. The van der Waals surface area contributed by atoms with E-state index in [4.69, 9.17) is 0 Å². The fourth-order valence-electron chi connectivity index (χ4n) is 2.09. The van der Waals surface area contributed by atoms with Crippen molar-refractivity contribution in [1.82, 2.24) is 4.90 Å². The number of likely N-dealkylation sites (tertiary alicyclic amines) is 1. The highest BCUT2D eigenvalue weighted by atomic mass is 15.2. The Morgan fingerprint density at radius 1 is 1.42 bits per heavy atom. The maximum absolute atomic E-state index is 2.62. The first-order valence-corrected chi connectivity index (χ1v) is 5.28. The van der Waals surface area contributed by atoms with Crippen LogP contribution in [0.25, 0.3) is 0 Å². The Balaban J connectivity index is 2.35. The molecule has 1 unspecified atom stereocenters. The highest BCUT2D eigenvalue weighted by molar-refractivity contribution is 4.85. The van der Waals surface area contributed by atoms with Crippen molar-refractivity contribution < 1.29 is 0 Å². The van der Waals surface area contributed by atoms with E-state index in [9.17, 15) is 0 Å². The van der Waals surface area contributed by atoms with Gasteiger partial charge in [-0.1, -0.05) is 27.7 Å². The topological polar surface area (TPSA) is 3.24 Å². The summed E-state index contributed by atoms with van der Waals surface area (Å²) in [4.78, 5) is 2.62. The van der Waals surface area contributed by atoms with E-state index in [0.29, 0.717) is 5.41 Å². The average molecular weight is 169 g/mol. The predicted molar refractivity (Wildman–Crippen MR) is 54.3 cm³/mol. The summed E-state index contributed by atoms with van der Waals surface area (Å²) < 4.78 is 0. The van der Waals surface area contributed by atoms with Crippen LogP contribution in [0.4, 0.5) is 0 Å². The Morgan fingerprint density at radius 2 is 2.08 bits per heavy atom. The first-order valence-electron chi connectivity index (χ1n) is 5.28. The predicted octanol–water partition coefficient (Wildman–Crippen LogP) is 2.76. The molecular formula is C11H23N. The van der Waals surface area contributed by atoms with Crippen molar-refractivity contribution >= 4 is 0 Å². The lowest BCUT2D eigenvalue weighted by atomic mass is 9.87. The molecule has 12 heavy (non-hydrogen) atoms. The summed E-state index contributed by atoms with van der Waals surface area (Å²) in [5, 5.41) is 0. The second-order valence-electron chi connectivity index (χ2n) is 5.04. The molecule has 1 aliphatic heterocycles. The van der Waals surface area contributed by atoms with Crippen molar-refractivity contribution in [3.8, 4) is 0 Å².